The van der Waals surface area contributed by atoms with Gasteiger partial charge < -0.3 is 10.4 Å². The zero-order valence-electron chi connectivity index (χ0n) is 13.9. The van der Waals surface area contributed by atoms with Crippen molar-refractivity contribution in [3.63, 3.8) is 0 Å². The molecule has 3 heteroatoms. The van der Waals surface area contributed by atoms with Crippen LogP contribution >= 0.6 is 0 Å². The number of carbonyl (C=O) groups is 1. The van der Waals surface area contributed by atoms with Gasteiger partial charge >= 0.3 is 0 Å². The molecule has 0 aromatic rings. The number of hydrogen-bond acceptors (Lipinski definition) is 2. The Hall–Kier alpha value is -0.830. The molecule has 3 fully saturated rings. The van der Waals surface area contributed by atoms with Gasteiger partial charge in [-0.2, -0.15) is 0 Å². The van der Waals surface area contributed by atoms with Crippen LogP contribution in [0.2, 0.25) is 0 Å². The summed E-state index contributed by atoms with van der Waals surface area (Å²) in [7, 11) is 0. The summed E-state index contributed by atoms with van der Waals surface area (Å²) in [6.07, 6.45) is 10.1. The molecule has 4 aliphatic rings. The number of amides is 1. The Kier molecular flexibility index (Phi) is 3.24. The molecule has 2 N–H and O–H groups in total. The van der Waals surface area contributed by atoms with Crippen LogP contribution in [-0.4, -0.2) is 17.6 Å². The Balaban J connectivity index is 1.67. The van der Waals surface area contributed by atoms with Gasteiger partial charge in [0, 0.05) is 24.1 Å². The Bertz CT molecular complexity index is 528. The summed E-state index contributed by atoms with van der Waals surface area (Å²) in [4.78, 5) is 11.8. The minimum atomic E-state index is 0.176. The number of aliphatic hydroxyl groups excluding tert-OH is 1. The molecule has 2 saturated carbocycles. The lowest BCUT2D eigenvalue weighted by Crippen LogP contribution is -2.53. The fraction of sp³-hybridized carbons (Fsp3) is 0.842. The van der Waals surface area contributed by atoms with Crippen LogP contribution in [0.15, 0.2) is 11.8 Å². The lowest BCUT2D eigenvalue weighted by Gasteiger charge is -2.57. The van der Waals surface area contributed by atoms with E-state index in [4.69, 9.17) is 0 Å². The zero-order chi connectivity index (χ0) is 15.5. The average Bonchev–Trinajstić information content (AvgIpc) is 2.84. The van der Waals surface area contributed by atoms with E-state index in [1.54, 1.807) is 0 Å². The van der Waals surface area contributed by atoms with Gasteiger partial charge in [0.15, 0.2) is 0 Å². The first-order valence-electron chi connectivity index (χ1n) is 9.10. The SMILES string of the molecule is C[C@]12CCC(=O)NC1=CC[C@@H]1[C@H]2CC[C@]2(C)C(CO)CC[C@@H]12. The van der Waals surface area contributed by atoms with E-state index in [2.05, 4.69) is 25.2 Å². The Morgan fingerprint density at radius 1 is 1.23 bits per heavy atom. The molecule has 1 aliphatic heterocycles. The second-order valence-electron chi connectivity index (χ2n) is 8.70. The van der Waals surface area contributed by atoms with E-state index in [-0.39, 0.29) is 11.3 Å². The van der Waals surface area contributed by atoms with Gasteiger partial charge in [0.25, 0.3) is 0 Å². The van der Waals surface area contributed by atoms with Crippen LogP contribution in [0.5, 0.6) is 0 Å². The Morgan fingerprint density at radius 3 is 2.82 bits per heavy atom. The van der Waals surface area contributed by atoms with Gasteiger partial charge in [0.05, 0.1) is 0 Å². The van der Waals surface area contributed by atoms with Crippen LogP contribution < -0.4 is 5.32 Å². The van der Waals surface area contributed by atoms with Gasteiger partial charge in [-0.15, -0.1) is 0 Å². The summed E-state index contributed by atoms with van der Waals surface area (Å²) in [5.41, 5.74) is 1.73. The normalized spacial score (nSPS) is 50.5. The molecular weight excluding hydrogens is 274 g/mol. The van der Waals surface area contributed by atoms with Crippen molar-refractivity contribution in [3.05, 3.63) is 11.8 Å². The van der Waals surface area contributed by atoms with Crippen molar-refractivity contribution in [1.29, 1.82) is 0 Å². The summed E-state index contributed by atoms with van der Waals surface area (Å²) in [5.74, 6) is 2.92. The number of carbonyl (C=O) groups excluding carboxylic acids is 1. The summed E-state index contributed by atoms with van der Waals surface area (Å²) in [6.45, 7) is 5.18. The third-order valence-electron chi connectivity index (χ3n) is 8.03. The Labute approximate surface area is 133 Å². The van der Waals surface area contributed by atoms with Crippen molar-refractivity contribution in [2.45, 2.75) is 58.8 Å². The van der Waals surface area contributed by atoms with Crippen LogP contribution in [0.4, 0.5) is 0 Å². The molecule has 3 aliphatic carbocycles. The minimum absolute atomic E-state index is 0.176. The first-order chi connectivity index (χ1) is 10.5. The predicted octanol–water partition coefficient (Wildman–Crippen LogP) is 3.24. The molecule has 1 amide bonds. The lowest BCUT2D eigenvalue weighted by atomic mass is 9.49. The van der Waals surface area contributed by atoms with E-state index in [1.165, 1.54) is 31.4 Å². The van der Waals surface area contributed by atoms with E-state index in [0.29, 0.717) is 30.3 Å². The molecule has 1 saturated heterocycles. The highest BCUT2D eigenvalue weighted by atomic mass is 16.3. The van der Waals surface area contributed by atoms with Crippen molar-refractivity contribution in [2.24, 2.45) is 34.5 Å². The maximum atomic E-state index is 11.8. The van der Waals surface area contributed by atoms with Crippen molar-refractivity contribution in [3.8, 4) is 0 Å². The molecule has 1 unspecified atom stereocenters. The molecule has 0 spiro atoms. The summed E-state index contributed by atoms with van der Waals surface area (Å²) >= 11 is 0. The third kappa shape index (κ3) is 1.81. The predicted molar refractivity (Wildman–Crippen MR) is 85.8 cm³/mol. The van der Waals surface area contributed by atoms with E-state index in [9.17, 15) is 9.90 Å². The standard InChI is InChI=1S/C19H29NO2/c1-18-9-7-15-13(14(18)5-3-12(18)11-21)4-6-16-19(15,2)10-8-17(22)20-16/h6,12-15,21H,3-5,7-11H2,1-2H3,(H,20,22)/t12?,13-,14-,15+,18+,19+/m0/s1. The number of nitrogens with one attached hydrogen (secondary N) is 1. The highest BCUT2D eigenvalue weighted by Crippen LogP contribution is 2.65. The molecular formula is C19H29NO2. The van der Waals surface area contributed by atoms with Crippen LogP contribution in [0, 0.1) is 34.5 Å². The van der Waals surface area contributed by atoms with Gasteiger partial charge in [0.2, 0.25) is 5.91 Å². The molecule has 22 heavy (non-hydrogen) atoms. The highest BCUT2D eigenvalue weighted by molar-refractivity contribution is 5.79. The van der Waals surface area contributed by atoms with Gasteiger partial charge in [-0.25, -0.2) is 0 Å². The number of piperidine rings is 1. The zero-order valence-corrected chi connectivity index (χ0v) is 13.9. The molecule has 1 heterocycles. The average molecular weight is 303 g/mol. The topological polar surface area (TPSA) is 49.3 Å². The van der Waals surface area contributed by atoms with Gasteiger partial charge in [-0.05, 0) is 67.6 Å². The van der Waals surface area contributed by atoms with Crippen LogP contribution in [0.25, 0.3) is 0 Å². The fourth-order valence-electron chi connectivity index (χ4n) is 6.60. The molecule has 122 valence electrons. The van der Waals surface area contributed by atoms with Crippen molar-refractivity contribution in [1.82, 2.24) is 5.32 Å². The summed E-state index contributed by atoms with van der Waals surface area (Å²) in [6, 6.07) is 0. The number of allylic oxidation sites excluding steroid dienone is 2. The Morgan fingerprint density at radius 2 is 2.05 bits per heavy atom. The second-order valence-corrected chi connectivity index (χ2v) is 8.70. The van der Waals surface area contributed by atoms with E-state index in [1.807, 2.05) is 0 Å². The maximum absolute atomic E-state index is 11.8. The third-order valence-corrected chi connectivity index (χ3v) is 8.03. The fourth-order valence-corrected chi connectivity index (χ4v) is 6.60. The molecule has 0 bridgehead atoms. The summed E-state index contributed by atoms with van der Waals surface area (Å²) < 4.78 is 0. The quantitative estimate of drug-likeness (QED) is 0.781. The molecule has 0 aromatic carbocycles. The molecule has 6 atom stereocenters. The second kappa shape index (κ2) is 4.83. The van der Waals surface area contributed by atoms with Crippen LogP contribution in [0.1, 0.15) is 58.8 Å². The first kappa shape index (κ1) is 14.7. The van der Waals surface area contributed by atoms with Crippen molar-refractivity contribution < 1.29 is 9.90 Å². The number of fused-ring (bicyclic) bond motifs is 5. The van der Waals surface area contributed by atoms with Gasteiger partial charge in [-0.3, -0.25) is 4.79 Å². The molecule has 0 aromatic heterocycles. The molecule has 3 nitrogen and oxygen atoms in total. The van der Waals surface area contributed by atoms with Gasteiger partial charge in [0.1, 0.15) is 0 Å². The first-order valence-corrected chi connectivity index (χ1v) is 9.10. The van der Waals surface area contributed by atoms with E-state index < -0.39 is 0 Å². The minimum Gasteiger partial charge on any atom is -0.396 e. The van der Waals surface area contributed by atoms with Gasteiger partial charge in [-0.1, -0.05) is 19.9 Å². The smallest absolute Gasteiger partial charge is 0.224 e. The monoisotopic (exact) mass is 303 g/mol. The summed E-state index contributed by atoms with van der Waals surface area (Å²) in [5, 5.41) is 12.9. The van der Waals surface area contributed by atoms with Crippen molar-refractivity contribution in [2.75, 3.05) is 6.61 Å². The largest absolute Gasteiger partial charge is 0.396 e. The number of aliphatic hydroxyl groups is 1. The number of rotatable bonds is 1. The molecule has 0 radical (unpaired) electrons. The maximum Gasteiger partial charge on any atom is 0.224 e. The van der Waals surface area contributed by atoms with Crippen LogP contribution in [0.3, 0.4) is 0 Å². The van der Waals surface area contributed by atoms with E-state index in [0.717, 1.165) is 24.7 Å². The van der Waals surface area contributed by atoms with Crippen molar-refractivity contribution >= 4 is 5.91 Å². The lowest BCUT2D eigenvalue weighted by molar-refractivity contribution is -0.125. The van der Waals surface area contributed by atoms with E-state index >= 15 is 0 Å². The van der Waals surface area contributed by atoms with Crippen LogP contribution in [-0.2, 0) is 4.79 Å². The highest BCUT2D eigenvalue weighted by Gasteiger charge is 2.58. The molecule has 4 rings (SSSR count). The number of hydrogen-bond donors (Lipinski definition) is 2.